The van der Waals surface area contributed by atoms with Crippen LogP contribution >= 0.6 is 0 Å². The number of carbonyl (C=O) groups excluding carboxylic acids is 2. The summed E-state index contributed by atoms with van der Waals surface area (Å²) in [7, 11) is 0. The van der Waals surface area contributed by atoms with Crippen LogP contribution in [0.15, 0.2) is 48.5 Å². The Bertz CT molecular complexity index is 851. The second-order valence-corrected chi connectivity index (χ2v) is 6.10. The molecule has 0 aromatic heterocycles. The molecule has 27 heavy (non-hydrogen) atoms. The highest BCUT2D eigenvalue weighted by atomic mass is 16.6. The van der Waals surface area contributed by atoms with Gasteiger partial charge in [0, 0.05) is 42.6 Å². The molecular formula is C19H19N3O5. The molecule has 0 fully saturated rings. The molecule has 140 valence electrons. The molecule has 0 radical (unpaired) electrons. The number of benzene rings is 2. The number of nitro benzene ring substituents is 1. The highest BCUT2D eigenvalue weighted by molar-refractivity contribution is 5.94. The second-order valence-electron chi connectivity index (χ2n) is 6.10. The third-order valence-electron chi connectivity index (χ3n) is 4.27. The minimum Gasteiger partial charge on any atom is -0.493 e. The van der Waals surface area contributed by atoms with Gasteiger partial charge in [-0.2, -0.15) is 0 Å². The lowest BCUT2D eigenvalue weighted by atomic mass is 10.0. The number of para-hydroxylation sites is 1. The van der Waals surface area contributed by atoms with Crippen molar-refractivity contribution in [3.63, 3.8) is 0 Å². The summed E-state index contributed by atoms with van der Waals surface area (Å²) in [5, 5.41) is 16.2. The fourth-order valence-electron chi connectivity index (χ4n) is 2.88. The van der Waals surface area contributed by atoms with E-state index in [0.717, 1.165) is 11.3 Å². The molecule has 1 aliphatic heterocycles. The highest BCUT2D eigenvalue weighted by Crippen LogP contribution is 2.31. The minimum absolute atomic E-state index is 0.0809. The van der Waals surface area contributed by atoms with Crippen molar-refractivity contribution in [3.05, 3.63) is 69.8 Å². The summed E-state index contributed by atoms with van der Waals surface area (Å²) in [6.45, 7) is 0.714. The summed E-state index contributed by atoms with van der Waals surface area (Å²) in [5.74, 6) is 0.232. The van der Waals surface area contributed by atoms with E-state index in [-0.39, 0.29) is 36.5 Å². The van der Waals surface area contributed by atoms with Crippen LogP contribution in [0.1, 0.15) is 34.8 Å². The number of amides is 2. The molecule has 3 rings (SSSR count). The van der Waals surface area contributed by atoms with Crippen molar-refractivity contribution in [2.75, 3.05) is 13.2 Å². The van der Waals surface area contributed by atoms with Crippen LogP contribution in [-0.4, -0.2) is 29.9 Å². The van der Waals surface area contributed by atoms with Gasteiger partial charge < -0.3 is 15.4 Å². The summed E-state index contributed by atoms with van der Waals surface area (Å²) in [4.78, 5) is 34.3. The maximum absolute atomic E-state index is 12.2. The maximum Gasteiger partial charge on any atom is 0.269 e. The number of rotatable bonds is 6. The Balaban J connectivity index is 1.47. The number of nitrogens with zero attached hydrogens (tertiary/aromatic N) is 1. The van der Waals surface area contributed by atoms with Crippen molar-refractivity contribution in [1.29, 1.82) is 0 Å². The normalized spacial score (nSPS) is 15.2. The number of ether oxygens (including phenoxy) is 1. The molecule has 0 saturated heterocycles. The van der Waals surface area contributed by atoms with Crippen LogP contribution in [0.2, 0.25) is 0 Å². The molecule has 0 saturated carbocycles. The Labute approximate surface area is 155 Å². The third-order valence-corrected chi connectivity index (χ3v) is 4.27. The van der Waals surface area contributed by atoms with E-state index in [0.29, 0.717) is 18.6 Å². The number of carbonyl (C=O) groups is 2. The van der Waals surface area contributed by atoms with Crippen molar-refractivity contribution < 1.29 is 19.2 Å². The Hall–Kier alpha value is -3.42. The zero-order chi connectivity index (χ0) is 19.2. The van der Waals surface area contributed by atoms with Crippen molar-refractivity contribution in [2.45, 2.75) is 18.9 Å². The predicted molar refractivity (Wildman–Crippen MR) is 97.5 cm³/mol. The van der Waals surface area contributed by atoms with E-state index in [1.807, 2.05) is 24.3 Å². The molecule has 0 bridgehead atoms. The summed E-state index contributed by atoms with van der Waals surface area (Å²) in [5.41, 5.74) is 1.18. The van der Waals surface area contributed by atoms with Gasteiger partial charge in [0.05, 0.1) is 17.6 Å². The number of hydrogen-bond acceptors (Lipinski definition) is 5. The van der Waals surface area contributed by atoms with E-state index >= 15 is 0 Å². The number of nitro groups is 1. The fourth-order valence-corrected chi connectivity index (χ4v) is 2.88. The van der Waals surface area contributed by atoms with Gasteiger partial charge in [-0.15, -0.1) is 0 Å². The van der Waals surface area contributed by atoms with Crippen LogP contribution in [0.4, 0.5) is 5.69 Å². The molecule has 2 amide bonds. The van der Waals surface area contributed by atoms with E-state index in [1.54, 1.807) is 0 Å². The molecule has 1 aliphatic rings. The Morgan fingerprint density at radius 3 is 2.63 bits per heavy atom. The van der Waals surface area contributed by atoms with Gasteiger partial charge in [0.25, 0.3) is 11.6 Å². The lowest BCUT2D eigenvalue weighted by Crippen LogP contribution is -2.34. The van der Waals surface area contributed by atoms with E-state index in [2.05, 4.69) is 10.6 Å². The maximum atomic E-state index is 12.2. The van der Waals surface area contributed by atoms with Crippen LogP contribution in [0.5, 0.6) is 5.75 Å². The zero-order valence-electron chi connectivity index (χ0n) is 14.5. The first-order valence-corrected chi connectivity index (χ1v) is 8.58. The molecule has 1 heterocycles. The Kier molecular flexibility index (Phi) is 5.65. The van der Waals surface area contributed by atoms with Gasteiger partial charge in [0.15, 0.2) is 0 Å². The summed E-state index contributed by atoms with van der Waals surface area (Å²) in [6.07, 6.45) is 0.830. The van der Waals surface area contributed by atoms with E-state index < -0.39 is 4.92 Å². The number of fused-ring (bicyclic) bond motifs is 1. The van der Waals surface area contributed by atoms with Crippen LogP contribution in [0, 0.1) is 10.1 Å². The lowest BCUT2D eigenvalue weighted by molar-refractivity contribution is -0.384. The summed E-state index contributed by atoms with van der Waals surface area (Å²) < 4.78 is 5.57. The largest absolute Gasteiger partial charge is 0.493 e. The predicted octanol–water partition coefficient (Wildman–Crippen LogP) is 2.35. The number of non-ortho nitro benzene ring substituents is 1. The summed E-state index contributed by atoms with van der Waals surface area (Å²) in [6, 6.07) is 12.8. The molecule has 2 aromatic carbocycles. The molecule has 1 unspecified atom stereocenters. The zero-order valence-corrected chi connectivity index (χ0v) is 14.5. The van der Waals surface area contributed by atoms with Gasteiger partial charge in [-0.3, -0.25) is 19.7 Å². The van der Waals surface area contributed by atoms with Crippen molar-refractivity contribution in [1.82, 2.24) is 10.6 Å². The van der Waals surface area contributed by atoms with Crippen molar-refractivity contribution in [3.8, 4) is 5.75 Å². The first-order chi connectivity index (χ1) is 13.0. The van der Waals surface area contributed by atoms with Gasteiger partial charge >= 0.3 is 0 Å². The molecular weight excluding hydrogens is 350 g/mol. The first kappa shape index (κ1) is 18.4. The van der Waals surface area contributed by atoms with Crippen molar-refractivity contribution >= 4 is 17.5 Å². The Morgan fingerprint density at radius 2 is 1.89 bits per heavy atom. The van der Waals surface area contributed by atoms with E-state index in [4.69, 9.17) is 4.74 Å². The lowest BCUT2D eigenvalue weighted by Gasteiger charge is -2.26. The van der Waals surface area contributed by atoms with Crippen molar-refractivity contribution in [2.24, 2.45) is 0 Å². The van der Waals surface area contributed by atoms with Gasteiger partial charge in [-0.1, -0.05) is 18.2 Å². The minimum atomic E-state index is -0.527. The third kappa shape index (κ3) is 4.60. The number of hydrogen-bond donors (Lipinski definition) is 2. The standard InChI is InChI=1S/C19H19N3O5/c23-18(21-16-10-12-27-17-4-2-1-3-15(16)17)9-11-20-19(24)13-5-7-14(8-6-13)22(25)26/h1-8,16H,9-12H2,(H,20,24)(H,21,23). The Morgan fingerprint density at radius 1 is 1.15 bits per heavy atom. The molecule has 0 aliphatic carbocycles. The molecule has 1 atom stereocenters. The molecule has 2 aromatic rings. The van der Waals surface area contributed by atoms with Crippen LogP contribution in [-0.2, 0) is 4.79 Å². The SMILES string of the molecule is O=C(CCNC(=O)c1ccc([N+](=O)[O-])cc1)NC1CCOc2ccccc21. The summed E-state index contributed by atoms with van der Waals surface area (Å²) >= 11 is 0. The van der Waals surface area contributed by atoms with Gasteiger partial charge in [0.2, 0.25) is 5.91 Å². The molecule has 0 spiro atoms. The second kappa shape index (κ2) is 8.31. The molecule has 2 N–H and O–H groups in total. The first-order valence-electron chi connectivity index (χ1n) is 8.58. The van der Waals surface area contributed by atoms with Gasteiger partial charge in [0.1, 0.15) is 5.75 Å². The number of nitrogens with one attached hydrogen (secondary N) is 2. The van der Waals surface area contributed by atoms with E-state index in [9.17, 15) is 19.7 Å². The fraction of sp³-hybridized carbons (Fsp3) is 0.263. The topological polar surface area (TPSA) is 111 Å². The monoisotopic (exact) mass is 369 g/mol. The average molecular weight is 369 g/mol. The van der Waals surface area contributed by atoms with Crippen LogP contribution in [0.3, 0.4) is 0 Å². The van der Waals surface area contributed by atoms with Crippen LogP contribution in [0.25, 0.3) is 0 Å². The van der Waals surface area contributed by atoms with Crippen LogP contribution < -0.4 is 15.4 Å². The average Bonchev–Trinajstić information content (AvgIpc) is 2.68. The smallest absolute Gasteiger partial charge is 0.269 e. The molecule has 8 heteroatoms. The van der Waals surface area contributed by atoms with E-state index in [1.165, 1.54) is 24.3 Å². The molecule has 8 nitrogen and oxygen atoms in total. The van der Waals surface area contributed by atoms with Gasteiger partial charge in [-0.25, -0.2) is 0 Å². The quantitative estimate of drug-likeness (QED) is 0.600. The highest BCUT2D eigenvalue weighted by Gasteiger charge is 2.22. The van der Waals surface area contributed by atoms with Gasteiger partial charge in [-0.05, 0) is 18.2 Å².